The van der Waals surface area contributed by atoms with Gasteiger partial charge in [-0.3, -0.25) is 4.79 Å². The molecule has 0 saturated carbocycles. The molecule has 0 aliphatic heterocycles. The van der Waals surface area contributed by atoms with Gasteiger partial charge in [0, 0.05) is 5.56 Å². The van der Waals surface area contributed by atoms with Crippen LogP contribution in [0.5, 0.6) is 5.75 Å². The topological polar surface area (TPSA) is 37.3 Å². The number of hydrogen-bond donors (Lipinski definition) is 1. The number of carbonyl (C=O) groups excluding carboxylic acids is 1. The van der Waals surface area contributed by atoms with Crippen molar-refractivity contribution in [2.24, 2.45) is 0 Å². The fraction of sp³-hybridized carbons (Fsp3) is 0.0714. The summed E-state index contributed by atoms with van der Waals surface area (Å²) in [4.78, 5) is 11.0. The average Bonchev–Trinajstić information content (AvgIpc) is 2.34. The van der Waals surface area contributed by atoms with E-state index in [0.717, 1.165) is 5.56 Å². The maximum atomic E-state index is 11.0. The number of aromatic hydroxyl groups is 1. The summed E-state index contributed by atoms with van der Waals surface area (Å²) in [6.45, 7) is 0. The molecule has 0 saturated heterocycles. The van der Waals surface area contributed by atoms with E-state index in [1.807, 2.05) is 36.6 Å². The molecule has 0 spiro atoms. The molecule has 0 amide bonds. The van der Waals surface area contributed by atoms with Crippen molar-refractivity contribution in [2.45, 2.75) is 5.92 Å². The predicted molar refractivity (Wildman–Crippen MR) is 62.1 cm³/mol. The number of hydrogen-bond acceptors (Lipinski definition) is 2. The molecule has 2 rings (SSSR count). The highest BCUT2D eigenvalue weighted by Crippen LogP contribution is 2.29. The zero-order valence-corrected chi connectivity index (χ0v) is 8.63. The zero-order valence-electron chi connectivity index (χ0n) is 8.63. The van der Waals surface area contributed by atoms with Gasteiger partial charge in [0.15, 0.2) is 0 Å². The third kappa shape index (κ3) is 1.96. The van der Waals surface area contributed by atoms with Gasteiger partial charge in [0.1, 0.15) is 5.75 Å². The Morgan fingerprint density at radius 1 is 0.938 bits per heavy atom. The van der Waals surface area contributed by atoms with Crippen LogP contribution in [0, 0.1) is 0 Å². The summed E-state index contributed by atoms with van der Waals surface area (Å²) in [5.74, 6) is -0.401. The van der Waals surface area contributed by atoms with E-state index in [1.54, 1.807) is 24.3 Å². The van der Waals surface area contributed by atoms with E-state index in [2.05, 4.69) is 0 Å². The van der Waals surface area contributed by atoms with Crippen LogP contribution in [0.3, 0.4) is 0 Å². The van der Waals surface area contributed by atoms with Gasteiger partial charge in [-0.25, -0.2) is 0 Å². The number of phenols is 1. The van der Waals surface area contributed by atoms with Gasteiger partial charge in [-0.2, -0.15) is 0 Å². The predicted octanol–water partition coefficient (Wildman–Crippen LogP) is 2.63. The lowest BCUT2D eigenvalue weighted by Gasteiger charge is -2.11. The molecular weight excluding hydrogens is 200 g/mol. The van der Waals surface area contributed by atoms with Gasteiger partial charge in [-0.05, 0) is 11.6 Å². The van der Waals surface area contributed by atoms with Crippen molar-refractivity contribution in [3.63, 3.8) is 0 Å². The van der Waals surface area contributed by atoms with Crippen molar-refractivity contribution < 1.29 is 9.90 Å². The van der Waals surface area contributed by atoms with E-state index in [4.69, 9.17) is 0 Å². The first-order chi connectivity index (χ1) is 7.83. The van der Waals surface area contributed by atoms with Crippen LogP contribution in [0.15, 0.2) is 54.6 Å². The Kier molecular flexibility index (Phi) is 3.01. The number of rotatable bonds is 3. The van der Waals surface area contributed by atoms with Gasteiger partial charge in [-0.15, -0.1) is 0 Å². The summed E-state index contributed by atoms with van der Waals surface area (Å²) in [5, 5.41) is 9.69. The van der Waals surface area contributed by atoms with E-state index < -0.39 is 5.92 Å². The highest BCUT2D eigenvalue weighted by molar-refractivity contribution is 5.70. The van der Waals surface area contributed by atoms with Crippen molar-refractivity contribution >= 4 is 6.29 Å². The number of phenolic OH excluding ortho intramolecular Hbond substituents is 1. The molecule has 1 unspecified atom stereocenters. The quantitative estimate of drug-likeness (QED) is 0.847. The van der Waals surface area contributed by atoms with Gasteiger partial charge in [0.05, 0.1) is 5.92 Å². The molecule has 16 heavy (non-hydrogen) atoms. The van der Waals surface area contributed by atoms with Crippen molar-refractivity contribution in [3.05, 3.63) is 65.7 Å². The van der Waals surface area contributed by atoms with Crippen LogP contribution in [-0.2, 0) is 4.79 Å². The van der Waals surface area contributed by atoms with Crippen LogP contribution in [0.2, 0.25) is 0 Å². The molecular formula is C14H11O2. The van der Waals surface area contributed by atoms with Crippen LogP contribution >= 0.6 is 0 Å². The first kappa shape index (κ1) is 10.4. The third-order valence-corrected chi connectivity index (χ3v) is 2.50. The highest BCUT2D eigenvalue weighted by Gasteiger charge is 2.16. The van der Waals surface area contributed by atoms with Crippen molar-refractivity contribution in [1.29, 1.82) is 0 Å². The van der Waals surface area contributed by atoms with Crippen molar-refractivity contribution in [1.82, 2.24) is 0 Å². The van der Waals surface area contributed by atoms with Gasteiger partial charge in [-0.1, -0.05) is 48.5 Å². The summed E-state index contributed by atoms with van der Waals surface area (Å²) in [6.07, 6.45) is 1.97. The van der Waals surface area contributed by atoms with E-state index in [1.165, 1.54) is 0 Å². The van der Waals surface area contributed by atoms with E-state index >= 15 is 0 Å². The van der Waals surface area contributed by atoms with Crippen LogP contribution in [-0.4, -0.2) is 11.4 Å². The first-order valence-corrected chi connectivity index (χ1v) is 5.03. The van der Waals surface area contributed by atoms with Crippen molar-refractivity contribution in [2.75, 3.05) is 0 Å². The Hall–Kier alpha value is -2.09. The maximum Gasteiger partial charge on any atom is 0.211 e. The molecule has 1 N–H and O–H groups in total. The minimum atomic E-state index is -0.526. The van der Waals surface area contributed by atoms with Crippen LogP contribution in [0.25, 0.3) is 0 Å². The Bertz CT molecular complexity index is 477. The van der Waals surface area contributed by atoms with E-state index in [0.29, 0.717) is 5.56 Å². The average molecular weight is 211 g/mol. The first-order valence-electron chi connectivity index (χ1n) is 5.03. The lowest BCUT2D eigenvalue weighted by molar-refractivity contribution is 0.466. The fourth-order valence-corrected chi connectivity index (χ4v) is 1.69. The molecule has 0 aromatic heterocycles. The van der Waals surface area contributed by atoms with Crippen molar-refractivity contribution in [3.8, 4) is 5.75 Å². The largest absolute Gasteiger partial charge is 0.508 e. The summed E-state index contributed by atoms with van der Waals surface area (Å²) in [5.41, 5.74) is 1.42. The SMILES string of the molecule is O=[C]C(c1ccccc1)c1ccccc1O. The fourth-order valence-electron chi connectivity index (χ4n) is 1.69. The van der Waals surface area contributed by atoms with Gasteiger partial charge in [0.2, 0.25) is 6.29 Å². The monoisotopic (exact) mass is 211 g/mol. The molecule has 2 nitrogen and oxygen atoms in total. The molecule has 0 aliphatic carbocycles. The van der Waals surface area contributed by atoms with Gasteiger partial charge in [0.25, 0.3) is 0 Å². The lowest BCUT2D eigenvalue weighted by atomic mass is 9.92. The smallest absolute Gasteiger partial charge is 0.211 e. The Labute approximate surface area is 94.2 Å². The van der Waals surface area contributed by atoms with Crippen LogP contribution in [0.4, 0.5) is 0 Å². The molecule has 0 bridgehead atoms. The molecule has 0 heterocycles. The second-order valence-corrected chi connectivity index (χ2v) is 3.52. The van der Waals surface area contributed by atoms with Crippen LogP contribution in [0.1, 0.15) is 17.0 Å². The molecule has 1 atom stereocenters. The minimum absolute atomic E-state index is 0.125. The molecule has 2 aromatic rings. The van der Waals surface area contributed by atoms with E-state index in [9.17, 15) is 9.90 Å². The summed E-state index contributed by atoms with van der Waals surface area (Å²) >= 11 is 0. The molecule has 0 aliphatic rings. The Morgan fingerprint density at radius 2 is 1.56 bits per heavy atom. The Morgan fingerprint density at radius 3 is 2.19 bits per heavy atom. The highest BCUT2D eigenvalue weighted by atomic mass is 16.3. The second-order valence-electron chi connectivity index (χ2n) is 3.52. The normalized spacial score (nSPS) is 12.0. The number of para-hydroxylation sites is 1. The number of benzene rings is 2. The van der Waals surface area contributed by atoms with Gasteiger partial charge < -0.3 is 5.11 Å². The second kappa shape index (κ2) is 4.62. The lowest BCUT2D eigenvalue weighted by Crippen LogP contribution is -2.02. The Balaban J connectivity index is 2.45. The molecule has 2 heteroatoms. The van der Waals surface area contributed by atoms with E-state index in [-0.39, 0.29) is 5.75 Å². The maximum absolute atomic E-state index is 11.0. The van der Waals surface area contributed by atoms with Gasteiger partial charge >= 0.3 is 0 Å². The van der Waals surface area contributed by atoms with Crippen LogP contribution < -0.4 is 0 Å². The molecule has 0 fully saturated rings. The standard InChI is InChI=1S/C14H11O2/c15-10-13(11-6-2-1-3-7-11)12-8-4-5-9-14(12)16/h1-9,13,16H. The summed E-state index contributed by atoms with van der Waals surface area (Å²) < 4.78 is 0. The minimum Gasteiger partial charge on any atom is -0.508 e. The molecule has 2 aromatic carbocycles. The summed E-state index contributed by atoms with van der Waals surface area (Å²) in [7, 11) is 0. The molecule has 79 valence electrons. The molecule has 1 radical (unpaired) electrons. The third-order valence-electron chi connectivity index (χ3n) is 2.50. The zero-order chi connectivity index (χ0) is 11.4. The summed E-state index contributed by atoms with van der Waals surface area (Å²) in [6, 6.07) is 16.1.